The van der Waals surface area contributed by atoms with Crippen molar-refractivity contribution in [2.75, 3.05) is 25.3 Å². The van der Waals surface area contributed by atoms with Gasteiger partial charge in [0.1, 0.15) is 5.76 Å². The Kier molecular flexibility index (Phi) is 7.31. The number of methoxy groups -OCH3 is 2. The minimum absolute atomic E-state index is 0.00552. The molecular formula is C21H22N4O6S. The van der Waals surface area contributed by atoms with Gasteiger partial charge in [0.2, 0.25) is 5.91 Å². The molecule has 2 aromatic heterocycles. The smallest absolute Gasteiger partial charge is 0.339 e. The van der Waals surface area contributed by atoms with Crippen LogP contribution in [0.4, 0.5) is 5.69 Å². The summed E-state index contributed by atoms with van der Waals surface area (Å²) in [6.45, 7) is 4.39. The molecule has 0 aliphatic rings. The summed E-state index contributed by atoms with van der Waals surface area (Å²) < 4.78 is 16.7. The average Bonchev–Trinajstić information content (AvgIpc) is 3.41. The van der Waals surface area contributed by atoms with Crippen LogP contribution in [0.15, 0.2) is 40.1 Å². The lowest BCUT2D eigenvalue weighted by atomic mass is 10.1. The normalized spacial score (nSPS) is 10.6. The van der Waals surface area contributed by atoms with E-state index in [2.05, 4.69) is 15.5 Å². The Morgan fingerprint density at radius 1 is 1.12 bits per heavy atom. The van der Waals surface area contributed by atoms with Crippen LogP contribution < -0.4 is 5.32 Å². The number of rotatable bonds is 8. The predicted molar refractivity (Wildman–Crippen MR) is 117 cm³/mol. The van der Waals surface area contributed by atoms with Gasteiger partial charge in [-0.15, -0.1) is 10.2 Å². The van der Waals surface area contributed by atoms with Gasteiger partial charge in [-0.25, -0.2) is 9.59 Å². The number of esters is 2. The third kappa shape index (κ3) is 4.83. The fraction of sp³-hybridized carbons (Fsp3) is 0.286. The first-order valence-corrected chi connectivity index (χ1v) is 10.6. The summed E-state index contributed by atoms with van der Waals surface area (Å²) in [5.74, 6) is -0.248. The number of furan rings is 1. The zero-order valence-corrected chi connectivity index (χ0v) is 18.8. The van der Waals surface area contributed by atoms with E-state index in [1.165, 1.54) is 44.2 Å². The molecule has 168 valence electrons. The number of nitrogens with zero attached hydrogens (tertiary/aromatic N) is 3. The molecule has 0 aliphatic heterocycles. The fourth-order valence-corrected chi connectivity index (χ4v) is 3.80. The van der Waals surface area contributed by atoms with E-state index in [4.69, 9.17) is 13.9 Å². The van der Waals surface area contributed by atoms with Crippen molar-refractivity contribution in [2.45, 2.75) is 25.5 Å². The number of anilines is 1. The quantitative estimate of drug-likeness (QED) is 0.400. The molecule has 0 atom stereocenters. The Morgan fingerprint density at radius 3 is 2.50 bits per heavy atom. The van der Waals surface area contributed by atoms with Gasteiger partial charge in [-0.2, -0.15) is 0 Å². The first kappa shape index (κ1) is 23.1. The van der Waals surface area contributed by atoms with Crippen molar-refractivity contribution in [3.8, 4) is 11.4 Å². The molecule has 3 rings (SSSR count). The van der Waals surface area contributed by atoms with Crippen LogP contribution in [0.25, 0.3) is 11.4 Å². The third-order valence-electron chi connectivity index (χ3n) is 4.59. The van der Waals surface area contributed by atoms with Crippen molar-refractivity contribution in [2.24, 2.45) is 0 Å². The minimum atomic E-state index is -0.643. The maximum atomic E-state index is 12.6. The van der Waals surface area contributed by atoms with E-state index in [0.29, 0.717) is 17.5 Å². The Bertz CT molecular complexity index is 1150. The summed E-state index contributed by atoms with van der Waals surface area (Å²) in [5, 5.41) is 11.6. The molecule has 10 nitrogen and oxygen atoms in total. The molecule has 0 saturated carbocycles. The van der Waals surface area contributed by atoms with Crippen molar-refractivity contribution >= 4 is 35.3 Å². The summed E-state index contributed by atoms with van der Waals surface area (Å²) >= 11 is 1.20. The highest BCUT2D eigenvalue weighted by Crippen LogP contribution is 2.27. The highest BCUT2D eigenvalue weighted by atomic mass is 32.2. The van der Waals surface area contributed by atoms with E-state index in [0.717, 1.165) is 11.3 Å². The van der Waals surface area contributed by atoms with Crippen LogP contribution in [0.1, 0.15) is 33.4 Å². The van der Waals surface area contributed by atoms with Gasteiger partial charge in [-0.1, -0.05) is 11.8 Å². The van der Waals surface area contributed by atoms with Crippen molar-refractivity contribution in [1.29, 1.82) is 0 Å². The zero-order chi connectivity index (χ0) is 23.3. The van der Waals surface area contributed by atoms with Gasteiger partial charge in [0.05, 0.1) is 48.6 Å². The van der Waals surface area contributed by atoms with Gasteiger partial charge < -0.3 is 23.8 Å². The van der Waals surface area contributed by atoms with Gasteiger partial charge in [-0.3, -0.25) is 4.79 Å². The van der Waals surface area contributed by atoms with Crippen molar-refractivity contribution in [3.63, 3.8) is 0 Å². The third-order valence-corrected chi connectivity index (χ3v) is 5.55. The zero-order valence-electron chi connectivity index (χ0n) is 18.0. The molecule has 1 amide bonds. The summed E-state index contributed by atoms with van der Waals surface area (Å²) in [6, 6.07) is 6.00. The van der Waals surface area contributed by atoms with Crippen LogP contribution in [0, 0.1) is 6.92 Å². The van der Waals surface area contributed by atoms with Gasteiger partial charge >= 0.3 is 11.9 Å². The number of ether oxygens (including phenoxy) is 2. The topological polar surface area (TPSA) is 126 Å². The van der Waals surface area contributed by atoms with Crippen LogP contribution in [0.5, 0.6) is 0 Å². The first-order chi connectivity index (χ1) is 15.4. The van der Waals surface area contributed by atoms with Crippen molar-refractivity contribution < 1.29 is 28.3 Å². The molecular weight excluding hydrogens is 436 g/mol. The minimum Gasteiger partial charge on any atom is -0.469 e. The number of thioether (sulfide) groups is 1. The summed E-state index contributed by atoms with van der Waals surface area (Å²) in [5.41, 5.74) is 1.29. The van der Waals surface area contributed by atoms with Crippen LogP contribution in [-0.4, -0.2) is 52.6 Å². The molecule has 0 spiro atoms. The number of aromatic nitrogens is 3. The molecule has 0 radical (unpaired) electrons. The van der Waals surface area contributed by atoms with Gasteiger partial charge in [0.25, 0.3) is 0 Å². The standard InChI is InChI=1S/C21H22N4O6S/c1-5-25-18(14-8-9-31-12(14)2)23-24-21(25)32-11-17(26)22-16-10-13(19(27)29-3)6-7-15(16)20(28)30-4/h6-10H,5,11H2,1-4H3,(H,22,26). The Labute approximate surface area is 188 Å². The molecule has 3 aromatic rings. The SMILES string of the molecule is CCn1c(SCC(=O)Nc2cc(C(=O)OC)ccc2C(=O)OC)nnc1-c1ccoc1C. The molecule has 1 N–H and O–H groups in total. The maximum Gasteiger partial charge on any atom is 0.339 e. The Balaban J connectivity index is 1.77. The van der Waals surface area contributed by atoms with E-state index in [1.54, 1.807) is 6.26 Å². The second-order valence-corrected chi connectivity index (χ2v) is 7.46. The average molecular weight is 458 g/mol. The number of aryl methyl sites for hydroxylation is 1. The number of hydrogen-bond acceptors (Lipinski definition) is 9. The van der Waals surface area contributed by atoms with Gasteiger partial charge in [-0.05, 0) is 38.1 Å². The number of nitrogens with one attached hydrogen (secondary N) is 1. The van der Waals surface area contributed by atoms with Crippen molar-refractivity contribution in [3.05, 3.63) is 47.4 Å². The first-order valence-electron chi connectivity index (χ1n) is 9.60. The summed E-state index contributed by atoms with van der Waals surface area (Å²) in [4.78, 5) is 36.5. The van der Waals surface area contributed by atoms with Crippen LogP contribution in [-0.2, 0) is 20.8 Å². The van der Waals surface area contributed by atoms with Crippen LogP contribution in [0.3, 0.4) is 0 Å². The molecule has 0 bridgehead atoms. The van der Waals surface area contributed by atoms with E-state index >= 15 is 0 Å². The van der Waals surface area contributed by atoms with E-state index < -0.39 is 17.8 Å². The van der Waals surface area contributed by atoms with Crippen LogP contribution >= 0.6 is 11.8 Å². The molecule has 32 heavy (non-hydrogen) atoms. The summed E-state index contributed by atoms with van der Waals surface area (Å²) in [7, 11) is 2.48. The predicted octanol–water partition coefficient (Wildman–Crippen LogP) is 3.17. The van der Waals surface area contributed by atoms with Crippen molar-refractivity contribution in [1.82, 2.24) is 14.8 Å². The molecule has 2 heterocycles. The molecule has 1 aromatic carbocycles. The number of hydrogen-bond donors (Lipinski definition) is 1. The monoisotopic (exact) mass is 458 g/mol. The largest absolute Gasteiger partial charge is 0.469 e. The molecule has 0 fully saturated rings. The highest BCUT2D eigenvalue weighted by Gasteiger charge is 2.20. The summed E-state index contributed by atoms with van der Waals surface area (Å²) in [6.07, 6.45) is 1.58. The van der Waals surface area contributed by atoms with E-state index in [1.807, 2.05) is 24.5 Å². The number of amides is 1. The van der Waals surface area contributed by atoms with Crippen LogP contribution in [0.2, 0.25) is 0 Å². The molecule has 11 heteroatoms. The molecule has 0 unspecified atom stereocenters. The lowest BCUT2D eigenvalue weighted by molar-refractivity contribution is -0.113. The van der Waals surface area contributed by atoms with Gasteiger partial charge in [0, 0.05) is 6.54 Å². The Morgan fingerprint density at radius 2 is 1.88 bits per heavy atom. The van der Waals surface area contributed by atoms with E-state index in [9.17, 15) is 14.4 Å². The lowest BCUT2D eigenvalue weighted by Gasteiger charge is -2.11. The highest BCUT2D eigenvalue weighted by molar-refractivity contribution is 7.99. The molecule has 0 aliphatic carbocycles. The fourth-order valence-electron chi connectivity index (χ4n) is 2.99. The maximum absolute atomic E-state index is 12.6. The second kappa shape index (κ2) is 10.1. The number of carbonyl (C=O) groups is 3. The number of carbonyl (C=O) groups excluding carboxylic acids is 3. The Hall–Kier alpha value is -3.60. The second-order valence-electron chi connectivity index (χ2n) is 6.52. The lowest BCUT2D eigenvalue weighted by Crippen LogP contribution is -2.18. The van der Waals surface area contributed by atoms with E-state index in [-0.39, 0.29) is 22.6 Å². The molecule has 0 saturated heterocycles. The van der Waals surface area contributed by atoms with Gasteiger partial charge in [0.15, 0.2) is 11.0 Å². The number of benzene rings is 1.